The smallest absolute Gasteiger partial charge is 0.370 e. The van der Waals surface area contributed by atoms with Gasteiger partial charge in [-0.2, -0.15) is 13.2 Å². The van der Waals surface area contributed by atoms with E-state index in [9.17, 15) is 27.6 Å². The SMILES string of the molecule is CC(C)CN(CC1CC1)[C@@H](CNC(=O)c1ccc(Cl)s1)C(=O)Nc1ccc(N2CCOCC2=O)cc1C(F)(F)F. The molecule has 2 heterocycles. The molecule has 13 heteroatoms. The summed E-state index contributed by atoms with van der Waals surface area (Å²) in [5.41, 5.74) is -1.40. The van der Waals surface area contributed by atoms with Crippen molar-refractivity contribution in [2.45, 2.75) is 38.9 Å². The number of halogens is 4. The third kappa shape index (κ3) is 7.96. The molecule has 0 spiro atoms. The first-order valence-electron chi connectivity index (χ1n) is 13.1. The molecule has 1 saturated heterocycles. The Kier molecular flexibility index (Phi) is 9.76. The maximum Gasteiger partial charge on any atom is 0.418 e. The van der Waals surface area contributed by atoms with Crippen LogP contribution in [0.1, 0.15) is 41.9 Å². The summed E-state index contributed by atoms with van der Waals surface area (Å²) in [7, 11) is 0. The number of thiophene rings is 1. The molecular weight excluding hydrogens is 569 g/mol. The Morgan fingerprint density at radius 1 is 1.23 bits per heavy atom. The first kappa shape index (κ1) is 30.3. The number of morpholine rings is 1. The fraction of sp³-hybridized carbons (Fsp3) is 0.519. The van der Waals surface area contributed by atoms with Gasteiger partial charge in [0.1, 0.15) is 12.6 Å². The number of nitrogens with one attached hydrogen (secondary N) is 2. The lowest BCUT2D eigenvalue weighted by molar-refractivity contribution is -0.137. The molecule has 2 aliphatic rings. The van der Waals surface area contributed by atoms with Gasteiger partial charge in [0.2, 0.25) is 5.91 Å². The fourth-order valence-corrected chi connectivity index (χ4v) is 5.54. The molecule has 8 nitrogen and oxygen atoms in total. The zero-order chi connectivity index (χ0) is 29.0. The molecule has 0 unspecified atom stereocenters. The Bertz CT molecular complexity index is 1230. The average Bonchev–Trinajstić information content (AvgIpc) is 3.59. The minimum absolute atomic E-state index is 0.0761. The Balaban J connectivity index is 1.59. The molecule has 1 aromatic heterocycles. The highest BCUT2D eigenvalue weighted by Crippen LogP contribution is 2.38. The van der Waals surface area contributed by atoms with Crippen LogP contribution in [-0.4, -0.2) is 68.1 Å². The van der Waals surface area contributed by atoms with Gasteiger partial charge in [-0.15, -0.1) is 11.3 Å². The van der Waals surface area contributed by atoms with Crippen LogP contribution in [0.15, 0.2) is 30.3 Å². The molecule has 2 aromatic rings. The highest BCUT2D eigenvalue weighted by Gasteiger charge is 2.37. The zero-order valence-corrected chi connectivity index (χ0v) is 23.8. The van der Waals surface area contributed by atoms with Crippen molar-refractivity contribution in [3.05, 3.63) is 45.1 Å². The van der Waals surface area contributed by atoms with Crippen molar-refractivity contribution in [1.82, 2.24) is 10.2 Å². The summed E-state index contributed by atoms with van der Waals surface area (Å²) >= 11 is 7.04. The van der Waals surface area contributed by atoms with E-state index < -0.39 is 41.2 Å². The Hall–Kier alpha value is -2.67. The minimum atomic E-state index is -4.79. The first-order chi connectivity index (χ1) is 18.9. The standard InChI is InChI=1S/C27H32ClF3N4O4S/c1-16(2)13-34(14-17-3-4-17)21(12-32-26(38)22-7-8-23(28)40-22)25(37)33-20-6-5-18(11-19(20)27(29,30)31)35-9-10-39-15-24(35)36/h5-8,11,16-17,21H,3-4,9-10,12-15H2,1-2H3,(H,32,38)(H,33,37)/t21-/m0/s1. The van der Waals surface area contributed by atoms with Crippen LogP contribution in [0.4, 0.5) is 24.5 Å². The molecule has 1 atom stereocenters. The van der Waals surface area contributed by atoms with Gasteiger partial charge in [0.25, 0.3) is 11.8 Å². The number of rotatable bonds is 11. The molecule has 4 rings (SSSR count). The van der Waals surface area contributed by atoms with Crippen molar-refractivity contribution in [2.24, 2.45) is 11.8 Å². The van der Waals surface area contributed by atoms with E-state index in [2.05, 4.69) is 10.6 Å². The van der Waals surface area contributed by atoms with Gasteiger partial charge in [0.15, 0.2) is 0 Å². The van der Waals surface area contributed by atoms with E-state index in [0.29, 0.717) is 28.2 Å². The number of hydrogen-bond acceptors (Lipinski definition) is 6. The monoisotopic (exact) mass is 600 g/mol. The highest BCUT2D eigenvalue weighted by molar-refractivity contribution is 7.18. The Labute approximate surface area is 239 Å². The molecule has 1 aromatic carbocycles. The molecule has 3 amide bonds. The van der Waals surface area contributed by atoms with Gasteiger partial charge in [-0.25, -0.2) is 0 Å². The Morgan fingerprint density at radius 3 is 2.58 bits per heavy atom. The van der Waals surface area contributed by atoms with Crippen LogP contribution in [0.5, 0.6) is 0 Å². The zero-order valence-electron chi connectivity index (χ0n) is 22.2. The molecule has 1 aliphatic heterocycles. The summed E-state index contributed by atoms with van der Waals surface area (Å²) < 4.78 is 47.9. The van der Waals surface area contributed by atoms with Crippen molar-refractivity contribution in [3.8, 4) is 0 Å². The lowest BCUT2D eigenvalue weighted by Crippen LogP contribution is -2.52. The van der Waals surface area contributed by atoms with E-state index in [-0.39, 0.29) is 37.9 Å². The number of hydrogen-bond donors (Lipinski definition) is 2. The quantitative estimate of drug-likeness (QED) is 0.383. The third-order valence-electron chi connectivity index (χ3n) is 6.65. The molecule has 1 saturated carbocycles. The predicted octanol–water partition coefficient (Wildman–Crippen LogP) is 4.89. The van der Waals surface area contributed by atoms with Crippen LogP contribution in [0.2, 0.25) is 4.34 Å². The summed E-state index contributed by atoms with van der Waals surface area (Å²) in [6, 6.07) is 5.66. The maximum atomic E-state index is 14.1. The summed E-state index contributed by atoms with van der Waals surface area (Å²) in [5.74, 6) is -0.940. The molecule has 2 N–H and O–H groups in total. The number of nitrogens with zero attached hydrogens (tertiary/aromatic N) is 2. The summed E-state index contributed by atoms with van der Waals surface area (Å²) in [6.45, 7) is 5.15. The van der Waals surface area contributed by atoms with E-state index in [1.165, 1.54) is 11.0 Å². The number of anilines is 2. The first-order valence-corrected chi connectivity index (χ1v) is 14.3. The van der Waals surface area contributed by atoms with Crippen molar-refractivity contribution in [3.63, 3.8) is 0 Å². The van der Waals surface area contributed by atoms with Gasteiger partial charge in [0.05, 0.1) is 27.1 Å². The van der Waals surface area contributed by atoms with E-state index >= 15 is 0 Å². The second kappa shape index (κ2) is 12.9. The van der Waals surface area contributed by atoms with Crippen LogP contribution >= 0.6 is 22.9 Å². The lowest BCUT2D eigenvalue weighted by Gasteiger charge is -2.33. The van der Waals surface area contributed by atoms with Crippen molar-refractivity contribution < 1.29 is 32.3 Å². The van der Waals surface area contributed by atoms with E-state index in [0.717, 1.165) is 36.3 Å². The van der Waals surface area contributed by atoms with Gasteiger partial charge in [0, 0.05) is 31.9 Å². The van der Waals surface area contributed by atoms with Crippen molar-refractivity contribution in [2.75, 3.05) is 49.6 Å². The largest absolute Gasteiger partial charge is 0.418 e. The van der Waals surface area contributed by atoms with E-state index in [1.54, 1.807) is 12.1 Å². The van der Waals surface area contributed by atoms with Crippen LogP contribution in [0.25, 0.3) is 0 Å². The topological polar surface area (TPSA) is 91.0 Å². The van der Waals surface area contributed by atoms with Crippen LogP contribution < -0.4 is 15.5 Å². The molecule has 0 bridgehead atoms. The fourth-order valence-electron chi connectivity index (χ4n) is 4.58. The van der Waals surface area contributed by atoms with Crippen LogP contribution in [0.3, 0.4) is 0 Å². The summed E-state index contributed by atoms with van der Waals surface area (Å²) in [6.07, 6.45) is -2.76. The van der Waals surface area contributed by atoms with Gasteiger partial charge in [-0.1, -0.05) is 25.4 Å². The minimum Gasteiger partial charge on any atom is -0.370 e. The average molecular weight is 601 g/mol. The number of carbonyl (C=O) groups is 3. The third-order valence-corrected chi connectivity index (χ3v) is 7.88. The van der Waals surface area contributed by atoms with Gasteiger partial charge in [-0.05, 0) is 55.0 Å². The molecule has 0 radical (unpaired) electrons. The summed E-state index contributed by atoms with van der Waals surface area (Å²) in [4.78, 5) is 42.1. The maximum absolute atomic E-state index is 14.1. The van der Waals surface area contributed by atoms with Crippen LogP contribution in [-0.2, 0) is 20.5 Å². The van der Waals surface area contributed by atoms with Crippen LogP contribution in [0, 0.1) is 11.8 Å². The molecular formula is C27H32ClF3N4O4S. The second-order valence-corrected chi connectivity index (χ2v) is 12.2. The van der Waals surface area contributed by atoms with Crippen molar-refractivity contribution in [1.29, 1.82) is 0 Å². The van der Waals surface area contributed by atoms with Gasteiger partial charge in [-0.3, -0.25) is 19.3 Å². The molecule has 2 fully saturated rings. The number of ether oxygens (including phenoxy) is 1. The Morgan fingerprint density at radius 2 is 1.98 bits per heavy atom. The lowest BCUT2D eigenvalue weighted by atomic mass is 10.1. The molecule has 40 heavy (non-hydrogen) atoms. The molecule has 218 valence electrons. The van der Waals surface area contributed by atoms with Gasteiger partial charge >= 0.3 is 6.18 Å². The number of carbonyl (C=O) groups excluding carboxylic acids is 3. The summed E-state index contributed by atoms with van der Waals surface area (Å²) in [5, 5.41) is 5.24. The van der Waals surface area contributed by atoms with Crippen molar-refractivity contribution >= 4 is 52.0 Å². The number of alkyl halides is 3. The van der Waals surface area contributed by atoms with E-state index in [4.69, 9.17) is 16.3 Å². The molecule has 1 aliphatic carbocycles. The highest BCUT2D eigenvalue weighted by atomic mass is 35.5. The number of amides is 3. The second-order valence-electron chi connectivity index (χ2n) is 10.4. The van der Waals surface area contributed by atoms with E-state index in [1.807, 2.05) is 18.7 Å². The number of benzene rings is 1. The van der Waals surface area contributed by atoms with Gasteiger partial charge < -0.3 is 20.3 Å². The predicted molar refractivity (Wildman–Crippen MR) is 148 cm³/mol. The normalized spacial score (nSPS) is 16.9.